The van der Waals surface area contributed by atoms with Gasteiger partial charge in [0, 0.05) is 37.7 Å². The maximum absolute atomic E-state index is 12.4. The van der Waals surface area contributed by atoms with Crippen molar-refractivity contribution in [2.45, 2.75) is 19.8 Å². The molecule has 1 amide bonds. The van der Waals surface area contributed by atoms with Crippen LogP contribution in [0.2, 0.25) is 0 Å². The van der Waals surface area contributed by atoms with Gasteiger partial charge in [0.15, 0.2) is 5.78 Å². The minimum Gasteiger partial charge on any atom is -0.497 e. The van der Waals surface area contributed by atoms with Gasteiger partial charge in [-0.2, -0.15) is 0 Å². The van der Waals surface area contributed by atoms with Gasteiger partial charge >= 0.3 is 0 Å². The van der Waals surface area contributed by atoms with E-state index in [2.05, 4.69) is 11.8 Å². The molecule has 1 unspecified atom stereocenters. The monoisotopic (exact) mass is 330 g/mol. The molecular weight excluding hydrogens is 304 g/mol. The number of carbonyl (C=O) groups excluding carboxylic acids is 2. The van der Waals surface area contributed by atoms with Crippen molar-refractivity contribution >= 4 is 11.7 Å². The van der Waals surface area contributed by atoms with Crippen LogP contribution >= 0.6 is 0 Å². The van der Waals surface area contributed by atoms with Crippen LogP contribution in [-0.4, -0.2) is 61.3 Å². The summed E-state index contributed by atoms with van der Waals surface area (Å²) in [4.78, 5) is 28.9. The Bertz CT molecular complexity index is 587. The van der Waals surface area contributed by atoms with Crippen molar-refractivity contribution in [2.75, 3.05) is 39.8 Å². The molecule has 0 radical (unpaired) electrons. The number of benzene rings is 1. The van der Waals surface area contributed by atoms with Crippen molar-refractivity contribution < 1.29 is 14.3 Å². The fourth-order valence-electron chi connectivity index (χ4n) is 3.28. The molecule has 0 spiro atoms. The van der Waals surface area contributed by atoms with Gasteiger partial charge in [0.25, 0.3) is 0 Å². The van der Waals surface area contributed by atoms with Crippen LogP contribution in [0.1, 0.15) is 30.1 Å². The molecule has 3 rings (SSSR count). The molecule has 0 aromatic heterocycles. The zero-order valence-corrected chi connectivity index (χ0v) is 14.5. The number of methoxy groups -OCH3 is 1. The zero-order valence-electron chi connectivity index (χ0n) is 14.5. The second-order valence-electron chi connectivity index (χ2n) is 6.88. The quantitative estimate of drug-likeness (QED) is 0.749. The minimum absolute atomic E-state index is 0.115. The molecule has 1 heterocycles. The molecule has 2 aliphatic rings. The van der Waals surface area contributed by atoms with Crippen LogP contribution in [0.15, 0.2) is 24.3 Å². The van der Waals surface area contributed by atoms with E-state index in [9.17, 15) is 9.59 Å². The highest BCUT2D eigenvalue weighted by Crippen LogP contribution is 2.37. The Hall–Kier alpha value is -1.88. The molecule has 5 nitrogen and oxygen atoms in total. The fraction of sp³-hybridized carbons (Fsp3) is 0.579. The summed E-state index contributed by atoms with van der Waals surface area (Å²) in [7, 11) is 1.61. The first-order valence-corrected chi connectivity index (χ1v) is 8.77. The predicted octanol–water partition coefficient (Wildman–Crippen LogP) is 2.07. The number of piperazine rings is 1. The Kier molecular flexibility index (Phi) is 5.19. The van der Waals surface area contributed by atoms with Crippen LogP contribution in [0.5, 0.6) is 5.75 Å². The van der Waals surface area contributed by atoms with Crippen LogP contribution in [-0.2, 0) is 4.79 Å². The normalized spacial score (nSPS) is 19.8. The van der Waals surface area contributed by atoms with Crippen LogP contribution < -0.4 is 4.74 Å². The van der Waals surface area contributed by atoms with Crippen molar-refractivity contribution in [1.29, 1.82) is 0 Å². The summed E-state index contributed by atoms with van der Waals surface area (Å²) in [6.45, 7) is 5.46. The lowest BCUT2D eigenvalue weighted by atomic mass is 10.0. The van der Waals surface area contributed by atoms with Gasteiger partial charge in [0.05, 0.1) is 13.7 Å². The number of ether oxygens (including phenoxy) is 1. The van der Waals surface area contributed by atoms with E-state index in [1.165, 1.54) is 12.8 Å². The number of hydrogen-bond acceptors (Lipinski definition) is 4. The molecule has 2 fully saturated rings. The summed E-state index contributed by atoms with van der Waals surface area (Å²) >= 11 is 0. The van der Waals surface area contributed by atoms with E-state index in [4.69, 9.17) is 4.74 Å². The van der Waals surface area contributed by atoms with Crippen LogP contribution in [0.3, 0.4) is 0 Å². The summed E-state index contributed by atoms with van der Waals surface area (Å²) in [6, 6.07) is 7.22. The van der Waals surface area contributed by atoms with E-state index in [0.717, 1.165) is 31.9 Å². The molecule has 1 aromatic carbocycles. The number of Topliss-reactive ketones (excluding diaryl/α,β-unsaturated/α-hetero) is 1. The van der Waals surface area contributed by atoms with Crippen molar-refractivity contribution in [3.05, 3.63) is 29.8 Å². The van der Waals surface area contributed by atoms with Crippen molar-refractivity contribution in [3.63, 3.8) is 0 Å². The highest BCUT2D eigenvalue weighted by molar-refractivity contribution is 5.97. The molecule has 1 saturated heterocycles. The van der Waals surface area contributed by atoms with E-state index < -0.39 is 0 Å². The summed E-state index contributed by atoms with van der Waals surface area (Å²) in [5.41, 5.74) is 0.705. The molecular formula is C19H26N2O3. The Balaban J connectivity index is 1.47. The number of nitrogens with zero attached hydrogens (tertiary/aromatic N) is 2. The second kappa shape index (κ2) is 7.34. The number of hydrogen-bond donors (Lipinski definition) is 0. The summed E-state index contributed by atoms with van der Waals surface area (Å²) in [6.07, 6.45) is 2.40. The fourth-order valence-corrected chi connectivity index (χ4v) is 3.28. The molecule has 5 heteroatoms. The standard InChI is InChI=1S/C19H26N2O3/c1-14(15-3-4-15)19(23)21-11-9-20(10-12-21)13-18(22)16-5-7-17(24-2)8-6-16/h5-8,14-15H,3-4,9-13H2,1-2H3. The Morgan fingerprint density at radius 2 is 1.75 bits per heavy atom. The van der Waals surface area contributed by atoms with Crippen molar-refractivity contribution in [3.8, 4) is 5.75 Å². The van der Waals surface area contributed by atoms with Gasteiger partial charge in [0.1, 0.15) is 5.75 Å². The first-order chi connectivity index (χ1) is 11.6. The first kappa shape index (κ1) is 17.0. The van der Waals surface area contributed by atoms with Gasteiger partial charge in [-0.1, -0.05) is 6.92 Å². The third-order valence-corrected chi connectivity index (χ3v) is 5.18. The zero-order chi connectivity index (χ0) is 17.1. The molecule has 130 valence electrons. The van der Waals surface area contributed by atoms with Crippen LogP contribution in [0, 0.1) is 11.8 Å². The molecule has 1 aromatic rings. The molecule has 1 aliphatic carbocycles. The lowest BCUT2D eigenvalue weighted by molar-refractivity contribution is -0.137. The topological polar surface area (TPSA) is 49.9 Å². The lowest BCUT2D eigenvalue weighted by Crippen LogP contribution is -2.51. The van der Waals surface area contributed by atoms with Gasteiger partial charge in [-0.3, -0.25) is 14.5 Å². The smallest absolute Gasteiger partial charge is 0.225 e. The maximum atomic E-state index is 12.4. The second-order valence-corrected chi connectivity index (χ2v) is 6.88. The van der Waals surface area contributed by atoms with Gasteiger partial charge in [-0.05, 0) is 43.0 Å². The van der Waals surface area contributed by atoms with Gasteiger partial charge in [-0.15, -0.1) is 0 Å². The summed E-state index contributed by atoms with van der Waals surface area (Å²) < 4.78 is 5.11. The third kappa shape index (κ3) is 3.96. The van der Waals surface area contributed by atoms with Crippen molar-refractivity contribution in [1.82, 2.24) is 9.80 Å². The molecule has 24 heavy (non-hydrogen) atoms. The van der Waals surface area contributed by atoms with Gasteiger partial charge in [-0.25, -0.2) is 0 Å². The SMILES string of the molecule is COc1ccc(C(=O)CN2CCN(C(=O)C(C)C3CC3)CC2)cc1. The highest BCUT2D eigenvalue weighted by atomic mass is 16.5. The summed E-state index contributed by atoms with van der Waals surface area (Å²) in [5.74, 6) is 1.93. The average molecular weight is 330 g/mol. The minimum atomic E-state index is 0.115. The van der Waals surface area contributed by atoms with E-state index in [-0.39, 0.29) is 11.7 Å². The molecule has 1 aliphatic heterocycles. The van der Waals surface area contributed by atoms with E-state index in [1.54, 1.807) is 19.2 Å². The van der Waals surface area contributed by atoms with E-state index in [1.807, 2.05) is 17.0 Å². The van der Waals surface area contributed by atoms with Gasteiger partial charge < -0.3 is 9.64 Å². The Morgan fingerprint density at radius 3 is 2.29 bits per heavy atom. The first-order valence-electron chi connectivity index (χ1n) is 8.77. The van der Waals surface area contributed by atoms with Crippen molar-refractivity contribution in [2.24, 2.45) is 11.8 Å². The molecule has 1 saturated carbocycles. The van der Waals surface area contributed by atoms with E-state index >= 15 is 0 Å². The lowest BCUT2D eigenvalue weighted by Gasteiger charge is -2.35. The Morgan fingerprint density at radius 1 is 1.12 bits per heavy atom. The highest BCUT2D eigenvalue weighted by Gasteiger charge is 2.35. The third-order valence-electron chi connectivity index (χ3n) is 5.18. The average Bonchev–Trinajstić information content (AvgIpc) is 3.46. The van der Waals surface area contributed by atoms with E-state index in [0.29, 0.717) is 23.9 Å². The van der Waals surface area contributed by atoms with Crippen LogP contribution in [0.4, 0.5) is 0 Å². The number of rotatable bonds is 6. The number of carbonyl (C=O) groups is 2. The van der Waals surface area contributed by atoms with Gasteiger partial charge in [0.2, 0.25) is 5.91 Å². The van der Waals surface area contributed by atoms with Crippen LogP contribution in [0.25, 0.3) is 0 Å². The maximum Gasteiger partial charge on any atom is 0.225 e. The molecule has 0 N–H and O–H groups in total. The molecule has 0 bridgehead atoms. The number of ketones is 1. The Labute approximate surface area is 143 Å². The summed E-state index contributed by atoms with van der Waals surface area (Å²) in [5, 5.41) is 0. The molecule has 1 atom stereocenters. The predicted molar refractivity (Wildman–Crippen MR) is 92.2 cm³/mol. The number of amides is 1. The largest absolute Gasteiger partial charge is 0.497 e.